The van der Waals surface area contributed by atoms with Crippen molar-refractivity contribution in [2.24, 2.45) is 18.7 Å². The van der Waals surface area contributed by atoms with Crippen LogP contribution in [0, 0.1) is 12.8 Å². The number of rotatable bonds is 4. The van der Waals surface area contributed by atoms with E-state index in [9.17, 15) is 0 Å². The van der Waals surface area contributed by atoms with Gasteiger partial charge in [-0.3, -0.25) is 9.58 Å². The van der Waals surface area contributed by atoms with E-state index in [1.54, 1.807) is 0 Å². The molecule has 1 saturated heterocycles. The quantitative estimate of drug-likeness (QED) is 0.943. The van der Waals surface area contributed by atoms with E-state index in [2.05, 4.69) is 41.3 Å². The lowest BCUT2D eigenvalue weighted by Crippen LogP contribution is -2.37. The Hall–Kier alpha value is -1.65. The Morgan fingerprint density at radius 3 is 2.95 bits per heavy atom. The molecule has 1 unspecified atom stereocenters. The lowest BCUT2D eigenvalue weighted by Gasteiger charge is -2.32. The highest BCUT2D eigenvalue weighted by atomic mass is 15.2. The molecule has 1 aliphatic rings. The number of piperidine rings is 1. The smallest absolute Gasteiger partial charge is 0.0568 e. The van der Waals surface area contributed by atoms with E-state index in [-0.39, 0.29) is 0 Å². The summed E-state index contributed by atoms with van der Waals surface area (Å²) >= 11 is 0. The Kier molecular flexibility index (Phi) is 4.60. The van der Waals surface area contributed by atoms with Crippen molar-refractivity contribution in [2.75, 3.05) is 19.6 Å². The molecule has 0 bridgehead atoms. The Bertz CT molecular complexity index is 632. The third kappa shape index (κ3) is 3.39. The van der Waals surface area contributed by atoms with Crippen LogP contribution < -0.4 is 5.73 Å². The summed E-state index contributed by atoms with van der Waals surface area (Å²) in [4.78, 5) is 2.55. The molecule has 2 heterocycles. The van der Waals surface area contributed by atoms with E-state index >= 15 is 0 Å². The molecule has 2 N–H and O–H groups in total. The van der Waals surface area contributed by atoms with Crippen LogP contribution in [0.3, 0.4) is 0 Å². The van der Waals surface area contributed by atoms with Crippen LogP contribution in [0.1, 0.15) is 24.0 Å². The van der Waals surface area contributed by atoms with Crippen molar-refractivity contribution in [2.45, 2.75) is 26.3 Å². The number of aryl methyl sites for hydroxylation is 2. The molecule has 2 aromatic rings. The predicted octanol–water partition coefficient (Wildman–Crippen LogP) is 2.57. The van der Waals surface area contributed by atoms with Gasteiger partial charge in [0.25, 0.3) is 0 Å². The van der Waals surface area contributed by atoms with E-state index in [1.165, 1.54) is 41.6 Å². The highest BCUT2D eigenvalue weighted by Gasteiger charge is 2.20. The van der Waals surface area contributed by atoms with Crippen molar-refractivity contribution in [1.82, 2.24) is 14.7 Å². The minimum atomic E-state index is 0.654. The highest BCUT2D eigenvalue weighted by molar-refractivity contribution is 5.66. The Balaban J connectivity index is 1.84. The van der Waals surface area contributed by atoms with Crippen LogP contribution in [0.5, 0.6) is 0 Å². The van der Waals surface area contributed by atoms with Gasteiger partial charge in [0.15, 0.2) is 0 Å². The zero-order valence-corrected chi connectivity index (χ0v) is 13.6. The van der Waals surface area contributed by atoms with E-state index in [4.69, 9.17) is 5.73 Å². The summed E-state index contributed by atoms with van der Waals surface area (Å²) in [7, 11) is 1.97. The Labute approximate surface area is 132 Å². The molecule has 4 nitrogen and oxygen atoms in total. The Morgan fingerprint density at radius 1 is 1.36 bits per heavy atom. The first-order valence-electron chi connectivity index (χ1n) is 8.16. The first-order chi connectivity index (χ1) is 10.7. The number of aromatic nitrogens is 2. The predicted molar refractivity (Wildman–Crippen MR) is 90.4 cm³/mol. The van der Waals surface area contributed by atoms with E-state index in [0.29, 0.717) is 5.92 Å². The standard InChI is InChI=1S/C18H26N4/c1-14-5-6-16(13-22-7-3-4-15(9-19)11-22)18(8-14)17-10-20-21(2)12-17/h5-6,8,10,12,15H,3-4,7,9,11,13,19H2,1-2H3. The van der Waals surface area contributed by atoms with Crippen LogP contribution in [0.2, 0.25) is 0 Å². The maximum Gasteiger partial charge on any atom is 0.0568 e. The SMILES string of the molecule is Cc1ccc(CN2CCCC(CN)C2)c(-c2cnn(C)c2)c1. The molecule has 1 aromatic heterocycles. The molecule has 1 aliphatic heterocycles. The summed E-state index contributed by atoms with van der Waals surface area (Å²) < 4.78 is 1.87. The molecular formula is C18H26N4. The zero-order valence-electron chi connectivity index (χ0n) is 13.6. The largest absolute Gasteiger partial charge is 0.330 e. The summed E-state index contributed by atoms with van der Waals surface area (Å²) in [6, 6.07) is 6.75. The van der Waals surface area contributed by atoms with Crippen LogP contribution in [0.4, 0.5) is 0 Å². The van der Waals surface area contributed by atoms with Gasteiger partial charge >= 0.3 is 0 Å². The van der Waals surface area contributed by atoms with E-state index < -0.39 is 0 Å². The van der Waals surface area contributed by atoms with Crippen LogP contribution in [-0.2, 0) is 13.6 Å². The molecule has 0 saturated carbocycles. The van der Waals surface area contributed by atoms with Crippen molar-refractivity contribution in [3.63, 3.8) is 0 Å². The van der Waals surface area contributed by atoms with Gasteiger partial charge in [0.1, 0.15) is 0 Å². The molecule has 22 heavy (non-hydrogen) atoms. The minimum absolute atomic E-state index is 0.654. The van der Waals surface area contributed by atoms with Gasteiger partial charge < -0.3 is 5.73 Å². The van der Waals surface area contributed by atoms with Gasteiger partial charge in [-0.2, -0.15) is 5.10 Å². The van der Waals surface area contributed by atoms with Gasteiger partial charge in [0.2, 0.25) is 0 Å². The third-order valence-corrected chi connectivity index (χ3v) is 4.61. The maximum atomic E-state index is 5.86. The summed E-state index contributed by atoms with van der Waals surface area (Å²) in [5, 5.41) is 4.32. The molecule has 1 fully saturated rings. The number of nitrogens with zero attached hydrogens (tertiary/aromatic N) is 3. The number of nitrogens with two attached hydrogens (primary N) is 1. The van der Waals surface area contributed by atoms with Gasteiger partial charge in [-0.25, -0.2) is 0 Å². The summed E-state index contributed by atoms with van der Waals surface area (Å²) in [5.74, 6) is 0.654. The molecule has 0 aliphatic carbocycles. The monoisotopic (exact) mass is 298 g/mol. The second-order valence-electron chi connectivity index (χ2n) is 6.54. The fourth-order valence-corrected chi connectivity index (χ4v) is 3.39. The number of hydrogen-bond acceptors (Lipinski definition) is 3. The molecule has 0 spiro atoms. The second-order valence-corrected chi connectivity index (χ2v) is 6.54. The molecule has 0 radical (unpaired) electrons. The van der Waals surface area contributed by atoms with Crippen LogP contribution in [0.25, 0.3) is 11.1 Å². The van der Waals surface area contributed by atoms with Crippen molar-refractivity contribution in [1.29, 1.82) is 0 Å². The van der Waals surface area contributed by atoms with Crippen molar-refractivity contribution in [3.8, 4) is 11.1 Å². The van der Waals surface area contributed by atoms with Crippen LogP contribution >= 0.6 is 0 Å². The van der Waals surface area contributed by atoms with Gasteiger partial charge in [0, 0.05) is 31.9 Å². The molecule has 1 atom stereocenters. The van der Waals surface area contributed by atoms with E-state index in [0.717, 1.165) is 19.6 Å². The van der Waals surface area contributed by atoms with E-state index in [1.807, 2.05) is 17.9 Å². The summed E-state index contributed by atoms with van der Waals surface area (Å²) in [6.07, 6.45) is 6.58. The first-order valence-corrected chi connectivity index (χ1v) is 8.16. The molecule has 4 heteroatoms. The maximum absolute atomic E-state index is 5.86. The zero-order chi connectivity index (χ0) is 15.5. The molecule has 0 amide bonds. The van der Waals surface area contributed by atoms with Gasteiger partial charge in [-0.05, 0) is 49.9 Å². The second kappa shape index (κ2) is 6.63. The number of benzene rings is 1. The minimum Gasteiger partial charge on any atom is -0.330 e. The van der Waals surface area contributed by atoms with Crippen molar-refractivity contribution >= 4 is 0 Å². The topological polar surface area (TPSA) is 47.1 Å². The first kappa shape index (κ1) is 15.3. The van der Waals surface area contributed by atoms with Crippen LogP contribution in [0.15, 0.2) is 30.6 Å². The Morgan fingerprint density at radius 2 is 2.23 bits per heavy atom. The highest BCUT2D eigenvalue weighted by Crippen LogP contribution is 2.27. The molecule has 1 aromatic carbocycles. The lowest BCUT2D eigenvalue weighted by atomic mass is 9.95. The van der Waals surface area contributed by atoms with Gasteiger partial charge in [-0.15, -0.1) is 0 Å². The summed E-state index contributed by atoms with van der Waals surface area (Å²) in [6.45, 7) is 6.25. The summed E-state index contributed by atoms with van der Waals surface area (Å²) in [5.41, 5.74) is 11.1. The van der Waals surface area contributed by atoms with Crippen LogP contribution in [-0.4, -0.2) is 34.3 Å². The average Bonchev–Trinajstić information content (AvgIpc) is 2.96. The molecule has 3 rings (SSSR count). The van der Waals surface area contributed by atoms with Crippen molar-refractivity contribution < 1.29 is 0 Å². The fraction of sp³-hybridized carbons (Fsp3) is 0.500. The number of hydrogen-bond donors (Lipinski definition) is 1. The lowest BCUT2D eigenvalue weighted by molar-refractivity contribution is 0.171. The average molecular weight is 298 g/mol. The fourth-order valence-electron chi connectivity index (χ4n) is 3.39. The third-order valence-electron chi connectivity index (χ3n) is 4.61. The normalized spacial score (nSPS) is 19.5. The number of likely N-dealkylation sites (tertiary alicyclic amines) is 1. The van der Waals surface area contributed by atoms with Gasteiger partial charge in [-0.1, -0.05) is 23.8 Å². The van der Waals surface area contributed by atoms with Crippen molar-refractivity contribution in [3.05, 3.63) is 41.7 Å². The van der Waals surface area contributed by atoms with Gasteiger partial charge in [0.05, 0.1) is 6.20 Å². The molecular weight excluding hydrogens is 272 g/mol. The molecule has 118 valence electrons.